The summed E-state index contributed by atoms with van der Waals surface area (Å²) in [6.07, 6.45) is 1.92. The van der Waals surface area contributed by atoms with Crippen molar-refractivity contribution in [1.82, 2.24) is 4.57 Å². The van der Waals surface area contributed by atoms with E-state index < -0.39 is 0 Å². The number of methoxy groups -OCH3 is 1. The third-order valence-corrected chi connectivity index (χ3v) is 4.52. The van der Waals surface area contributed by atoms with Crippen molar-refractivity contribution >= 4 is 22.7 Å². The Morgan fingerprint density at radius 1 is 0.846 bits per heavy atom. The third kappa shape index (κ3) is 3.11. The van der Waals surface area contributed by atoms with Gasteiger partial charge in [-0.25, -0.2) is 0 Å². The highest BCUT2D eigenvalue weighted by Crippen LogP contribution is 2.22. The van der Waals surface area contributed by atoms with E-state index in [1.807, 2.05) is 30.5 Å². The van der Waals surface area contributed by atoms with Gasteiger partial charge in [-0.05, 0) is 66.2 Å². The molecule has 1 aromatic heterocycles. The van der Waals surface area contributed by atoms with Crippen molar-refractivity contribution in [3.63, 3.8) is 0 Å². The molecule has 0 saturated carbocycles. The summed E-state index contributed by atoms with van der Waals surface area (Å²) in [6.45, 7) is 2.09. The fourth-order valence-corrected chi connectivity index (χ4v) is 3.14. The first kappa shape index (κ1) is 16.2. The highest BCUT2D eigenvalue weighted by atomic mass is 16.5. The first-order valence-corrected chi connectivity index (χ1v) is 8.60. The van der Waals surface area contributed by atoms with Crippen LogP contribution in [0.25, 0.3) is 16.5 Å². The van der Waals surface area contributed by atoms with Gasteiger partial charge in [-0.2, -0.15) is 0 Å². The van der Waals surface area contributed by atoms with Crippen LogP contribution in [0.15, 0.2) is 83.9 Å². The fourth-order valence-electron chi connectivity index (χ4n) is 3.14. The Kier molecular flexibility index (Phi) is 4.28. The molecule has 3 aromatic carbocycles. The van der Waals surface area contributed by atoms with Crippen LogP contribution >= 0.6 is 0 Å². The third-order valence-electron chi connectivity index (χ3n) is 4.52. The van der Waals surface area contributed by atoms with E-state index in [0.29, 0.717) is 0 Å². The monoisotopic (exact) mass is 340 g/mol. The molecule has 0 aliphatic rings. The first-order valence-electron chi connectivity index (χ1n) is 8.60. The number of aryl methyl sites for hydroxylation is 1. The van der Waals surface area contributed by atoms with Crippen LogP contribution in [0.2, 0.25) is 0 Å². The van der Waals surface area contributed by atoms with Gasteiger partial charge in [0.1, 0.15) is 5.75 Å². The Morgan fingerprint density at radius 2 is 1.62 bits per heavy atom. The Labute approximate surface area is 153 Å². The molecular formula is C23H20N2O. The predicted molar refractivity (Wildman–Crippen MR) is 108 cm³/mol. The Hall–Kier alpha value is -3.33. The number of aromatic nitrogens is 1. The molecule has 0 unspecified atom stereocenters. The number of hydrogen-bond donors (Lipinski definition) is 0. The topological polar surface area (TPSA) is 26.5 Å². The second-order valence-electron chi connectivity index (χ2n) is 6.22. The number of ether oxygens (including phenoxy) is 1. The number of nitrogens with zero attached hydrogens (tertiary/aromatic N) is 2. The van der Waals surface area contributed by atoms with Crippen molar-refractivity contribution in [3.8, 4) is 11.4 Å². The summed E-state index contributed by atoms with van der Waals surface area (Å²) in [5, 5.41) is 2.42. The number of benzene rings is 3. The molecule has 26 heavy (non-hydrogen) atoms. The van der Waals surface area contributed by atoms with Crippen molar-refractivity contribution in [2.24, 2.45) is 4.99 Å². The van der Waals surface area contributed by atoms with Gasteiger partial charge in [-0.3, -0.25) is 4.99 Å². The molecule has 4 rings (SSSR count). The zero-order valence-electron chi connectivity index (χ0n) is 14.9. The van der Waals surface area contributed by atoms with Crippen LogP contribution in [0.1, 0.15) is 11.4 Å². The van der Waals surface area contributed by atoms with Crippen LogP contribution in [-0.2, 0) is 0 Å². The van der Waals surface area contributed by atoms with Gasteiger partial charge in [0, 0.05) is 11.4 Å². The maximum Gasteiger partial charge on any atom is 0.119 e. The van der Waals surface area contributed by atoms with Gasteiger partial charge in [0.25, 0.3) is 0 Å². The largest absolute Gasteiger partial charge is 0.497 e. The van der Waals surface area contributed by atoms with E-state index in [4.69, 9.17) is 4.74 Å². The molecule has 0 N–H and O–H groups in total. The maximum atomic E-state index is 5.25. The second-order valence-corrected chi connectivity index (χ2v) is 6.22. The van der Waals surface area contributed by atoms with Crippen molar-refractivity contribution in [2.75, 3.05) is 7.11 Å². The van der Waals surface area contributed by atoms with E-state index in [2.05, 4.69) is 71.1 Å². The van der Waals surface area contributed by atoms with E-state index in [0.717, 1.165) is 28.5 Å². The van der Waals surface area contributed by atoms with Crippen LogP contribution in [0.3, 0.4) is 0 Å². The van der Waals surface area contributed by atoms with Gasteiger partial charge >= 0.3 is 0 Å². The van der Waals surface area contributed by atoms with Crippen LogP contribution in [0.4, 0.5) is 5.69 Å². The van der Waals surface area contributed by atoms with E-state index in [-0.39, 0.29) is 0 Å². The van der Waals surface area contributed by atoms with Crippen molar-refractivity contribution in [3.05, 3.63) is 90.3 Å². The molecule has 4 aromatic rings. The van der Waals surface area contributed by atoms with Crippen LogP contribution in [0, 0.1) is 6.92 Å². The fraction of sp³-hybridized carbons (Fsp3) is 0.0870. The Morgan fingerprint density at radius 3 is 2.38 bits per heavy atom. The average molecular weight is 340 g/mol. The van der Waals surface area contributed by atoms with Crippen LogP contribution in [0.5, 0.6) is 5.75 Å². The average Bonchev–Trinajstić information content (AvgIpc) is 3.06. The molecule has 0 bridgehead atoms. The van der Waals surface area contributed by atoms with Gasteiger partial charge < -0.3 is 9.30 Å². The molecular weight excluding hydrogens is 320 g/mol. The first-order chi connectivity index (χ1) is 12.7. The molecule has 3 nitrogen and oxygen atoms in total. The van der Waals surface area contributed by atoms with Gasteiger partial charge in [-0.15, -0.1) is 0 Å². The number of rotatable bonds is 4. The summed E-state index contributed by atoms with van der Waals surface area (Å²) >= 11 is 0. The lowest BCUT2D eigenvalue weighted by molar-refractivity contribution is 0.414. The van der Waals surface area contributed by atoms with Gasteiger partial charge in [0.2, 0.25) is 0 Å². The SMILES string of the molecule is COc1ccc(-n2c(C)ccc2C=Nc2ccc3ccccc3c2)cc1. The Balaban J connectivity index is 1.68. The molecule has 0 spiro atoms. The summed E-state index contributed by atoms with van der Waals surface area (Å²) in [5.74, 6) is 0.852. The van der Waals surface area contributed by atoms with Crippen molar-refractivity contribution in [1.29, 1.82) is 0 Å². The summed E-state index contributed by atoms with van der Waals surface area (Å²) in [6, 6.07) is 26.8. The van der Waals surface area contributed by atoms with Gasteiger partial charge in [0.15, 0.2) is 0 Å². The summed E-state index contributed by atoms with van der Waals surface area (Å²) in [7, 11) is 1.68. The number of aliphatic imine (C=N–C) groups is 1. The van der Waals surface area contributed by atoms with Crippen molar-refractivity contribution < 1.29 is 4.74 Å². The normalized spacial score (nSPS) is 11.3. The molecule has 0 atom stereocenters. The molecule has 1 heterocycles. The quantitative estimate of drug-likeness (QED) is 0.438. The van der Waals surface area contributed by atoms with E-state index in [1.54, 1.807) is 7.11 Å². The smallest absolute Gasteiger partial charge is 0.119 e. The second kappa shape index (κ2) is 6.89. The lowest BCUT2D eigenvalue weighted by atomic mass is 10.1. The summed E-state index contributed by atoms with van der Waals surface area (Å²) in [5.41, 5.74) is 4.24. The Bertz CT molecular complexity index is 1080. The minimum absolute atomic E-state index is 0.852. The predicted octanol–water partition coefficient (Wildman–Crippen LogP) is 5.70. The molecule has 128 valence electrons. The molecule has 0 saturated heterocycles. The van der Waals surface area contributed by atoms with Gasteiger partial charge in [-0.1, -0.05) is 30.3 Å². The molecule has 0 aliphatic carbocycles. The lowest BCUT2D eigenvalue weighted by Gasteiger charge is -2.10. The zero-order valence-corrected chi connectivity index (χ0v) is 14.9. The van der Waals surface area contributed by atoms with Crippen LogP contribution < -0.4 is 4.74 Å². The van der Waals surface area contributed by atoms with Gasteiger partial charge in [0.05, 0.1) is 24.7 Å². The van der Waals surface area contributed by atoms with E-state index >= 15 is 0 Å². The van der Waals surface area contributed by atoms with E-state index in [9.17, 15) is 0 Å². The minimum Gasteiger partial charge on any atom is -0.497 e. The number of hydrogen-bond acceptors (Lipinski definition) is 2. The molecule has 3 heteroatoms. The minimum atomic E-state index is 0.852. The summed E-state index contributed by atoms with van der Waals surface area (Å²) in [4.78, 5) is 4.69. The van der Waals surface area contributed by atoms with Crippen molar-refractivity contribution in [2.45, 2.75) is 6.92 Å². The molecule has 0 fully saturated rings. The lowest BCUT2D eigenvalue weighted by Crippen LogP contribution is -2.01. The molecule has 0 radical (unpaired) electrons. The highest BCUT2D eigenvalue weighted by molar-refractivity contribution is 5.87. The highest BCUT2D eigenvalue weighted by Gasteiger charge is 2.06. The zero-order chi connectivity index (χ0) is 17.9. The number of fused-ring (bicyclic) bond motifs is 1. The summed E-state index contributed by atoms with van der Waals surface area (Å²) < 4.78 is 7.44. The molecule has 0 aliphatic heterocycles. The molecule has 0 amide bonds. The van der Waals surface area contributed by atoms with E-state index in [1.165, 1.54) is 10.8 Å². The maximum absolute atomic E-state index is 5.25. The van der Waals surface area contributed by atoms with Crippen LogP contribution in [-0.4, -0.2) is 17.9 Å². The standard InChI is InChI=1S/C23H20N2O/c1-17-7-10-22(25(17)21-11-13-23(26-2)14-12-21)16-24-20-9-8-18-5-3-4-6-19(18)15-20/h3-16H,1-2H3.